The van der Waals surface area contributed by atoms with E-state index >= 15 is 0 Å². The van der Waals surface area contributed by atoms with E-state index in [9.17, 15) is 9.59 Å². The van der Waals surface area contributed by atoms with Crippen molar-refractivity contribution in [2.24, 2.45) is 16.7 Å². The van der Waals surface area contributed by atoms with E-state index in [4.69, 9.17) is 0 Å². The second kappa shape index (κ2) is 8.20. The summed E-state index contributed by atoms with van der Waals surface area (Å²) in [7, 11) is 0. The summed E-state index contributed by atoms with van der Waals surface area (Å²) >= 11 is 0. The molecular weight excluding hydrogens is 312 g/mol. The van der Waals surface area contributed by atoms with Gasteiger partial charge in [0, 0.05) is 18.9 Å². The Hall–Kier alpha value is -0.900. The zero-order valence-corrected chi connectivity index (χ0v) is 17.1. The first-order valence-electron chi connectivity index (χ1n) is 10.2. The first kappa shape index (κ1) is 20.4. The molecule has 0 aliphatic carbocycles. The third-order valence-electron chi connectivity index (χ3n) is 6.68. The van der Waals surface area contributed by atoms with Crippen LogP contribution < -0.4 is 0 Å². The summed E-state index contributed by atoms with van der Waals surface area (Å²) in [6, 6.07) is 0. The van der Waals surface area contributed by atoms with Gasteiger partial charge in [-0.15, -0.1) is 0 Å². The van der Waals surface area contributed by atoms with Crippen LogP contribution in [0, 0.1) is 16.7 Å². The summed E-state index contributed by atoms with van der Waals surface area (Å²) in [4.78, 5) is 29.1. The van der Waals surface area contributed by atoms with Gasteiger partial charge in [-0.2, -0.15) is 0 Å². The average molecular weight is 351 g/mol. The molecule has 0 spiro atoms. The van der Waals surface area contributed by atoms with Crippen molar-refractivity contribution in [1.82, 2.24) is 9.80 Å². The Kier molecular flexibility index (Phi) is 6.69. The smallest absolute Gasteiger partial charge is 0.232 e. The van der Waals surface area contributed by atoms with Crippen LogP contribution in [0.3, 0.4) is 0 Å². The fourth-order valence-electron chi connectivity index (χ4n) is 3.86. The predicted octanol–water partition coefficient (Wildman–Crippen LogP) is 4.09. The maximum absolute atomic E-state index is 12.7. The van der Waals surface area contributed by atoms with Gasteiger partial charge in [-0.1, -0.05) is 41.0 Å². The lowest BCUT2D eigenvalue weighted by atomic mass is 9.65. The van der Waals surface area contributed by atoms with Crippen molar-refractivity contribution in [3.05, 3.63) is 0 Å². The highest BCUT2D eigenvalue weighted by atomic mass is 16.2. The monoisotopic (exact) mass is 350 g/mol. The summed E-state index contributed by atoms with van der Waals surface area (Å²) < 4.78 is 0. The van der Waals surface area contributed by atoms with Gasteiger partial charge in [-0.3, -0.25) is 14.5 Å². The molecule has 2 fully saturated rings. The maximum atomic E-state index is 12.7. The lowest BCUT2D eigenvalue weighted by Gasteiger charge is -2.40. The second-order valence-electron chi connectivity index (χ2n) is 9.73. The number of unbranched alkanes of at least 4 members (excludes halogenated alkanes) is 2. The van der Waals surface area contributed by atoms with Crippen LogP contribution in [0.15, 0.2) is 0 Å². The molecule has 0 aromatic carbocycles. The number of hydrogen-bond acceptors (Lipinski definition) is 3. The van der Waals surface area contributed by atoms with Crippen LogP contribution in [-0.2, 0) is 9.59 Å². The molecule has 144 valence electrons. The molecule has 2 rings (SSSR count). The van der Waals surface area contributed by atoms with E-state index in [1.165, 1.54) is 38.9 Å². The molecule has 0 saturated carbocycles. The molecule has 2 amide bonds. The van der Waals surface area contributed by atoms with Gasteiger partial charge in [0.2, 0.25) is 11.8 Å². The number of amides is 2. The van der Waals surface area contributed by atoms with Gasteiger partial charge in [-0.05, 0) is 62.6 Å². The lowest BCUT2D eigenvalue weighted by Crippen LogP contribution is -2.35. The summed E-state index contributed by atoms with van der Waals surface area (Å²) in [6.07, 6.45) is 7.11. The number of hydrogen-bond donors (Lipinski definition) is 0. The quantitative estimate of drug-likeness (QED) is 0.489. The summed E-state index contributed by atoms with van der Waals surface area (Å²) in [5.41, 5.74) is 0.165. The molecule has 0 aromatic rings. The van der Waals surface area contributed by atoms with E-state index in [0.717, 1.165) is 19.3 Å². The van der Waals surface area contributed by atoms with Crippen molar-refractivity contribution in [2.75, 3.05) is 26.2 Å². The normalized spacial score (nSPS) is 23.1. The van der Waals surface area contributed by atoms with Crippen LogP contribution in [0.2, 0.25) is 0 Å². The molecule has 4 nitrogen and oxygen atoms in total. The number of imide groups is 1. The van der Waals surface area contributed by atoms with E-state index < -0.39 is 0 Å². The van der Waals surface area contributed by atoms with E-state index in [2.05, 4.69) is 39.5 Å². The fraction of sp³-hybridized carbons (Fsp3) is 0.905. The number of likely N-dealkylation sites (tertiary alicyclic amines) is 2. The molecule has 2 heterocycles. The molecule has 0 bridgehead atoms. The van der Waals surface area contributed by atoms with Gasteiger partial charge in [0.1, 0.15) is 0 Å². The van der Waals surface area contributed by atoms with Crippen LogP contribution in [-0.4, -0.2) is 47.8 Å². The molecule has 1 unspecified atom stereocenters. The van der Waals surface area contributed by atoms with Gasteiger partial charge >= 0.3 is 0 Å². The Morgan fingerprint density at radius 3 is 2.12 bits per heavy atom. The van der Waals surface area contributed by atoms with Crippen molar-refractivity contribution in [1.29, 1.82) is 0 Å². The van der Waals surface area contributed by atoms with Crippen LogP contribution in [0.25, 0.3) is 0 Å². The van der Waals surface area contributed by atoms with Crippen molar-refractivity contribution in [3.8, 4) is 0 Å². The highest BCUT2D eigenvalue weighted by Gasteiger charge is 2.43. The van der Waals surface area contributed by atoms with Gasteiger partial charge in [0.15, 0.2) is 0 Å². The number of carbonyl (C=O) groups excluding carboxylic acids is 2. The molecule has 0 aromatic heterocycles. The minimum absolute atomic E-state index is 0.0410. The third kappa shape index (κ3) is 5.29. The first-order chi connectivity index (χ1) is 11.6. The average Bonchev–Trinajstić information content (AvgIpc) is 3.09. The standard InChI is InChI=1S/C21H38N2O2/c1-20(2,3)21(4,5)16-17-15-18(24)23(19(17)25)14-8-6-7-11-22-12-9-10-13-22/h17H,6-16H2,1-5H3. The minimum atomic E-state index is -0.119. The van der Waals surface area contributed by atoms with Crippen molar-refractivity contribution in [2.45, 2.75) is 79.6 Å². The zero-order chi connectivity index (χ0) is 18.7. The Balaban J connectivity index is 1.74. The molecule has 2 saturated heterocycles. The Labute approximate surface area is 154 Å². The minimum Gasteiger partial charge on any atom is -0.303 e. The summed E-state index contributed by atoms with van der Waals surface area (Å²) in [5.74, 6) is -0.00700. The van der Waals surface area contributed by atoms with Gasteiger partial charge in [-0.25, -0.2) is 0 Å². The molecule has 25 heavy (non-hydrogen) atoms. The highest BCUT2D eigenvalue weighted by Crippen LogP contribution is 2.44. The van der Waals surface area contributed by atoms with E-state index in [1.54, 1.807) is 4.90 Å². The highest BCUT2D eigenvalue weighted by molar-refractivity contribution is 6.03. The Morgan fingerprint density at radius 2 is 1.52 bits per heavy atom. The van der Waals surface area contributed by atoms with Gasteiger partial charge in [0.05, 0.1) is 0 Å². The van der Waals surface area contributed by atoms with Crippen molar-refractivity contribution < 1.29 is 9.59 Å². The number of nitrogens with zero attached hydrogens (tertiary/aromatic N) is 2. The van der Waals surface area contributed by atoms with Crippen LogP contribution >= 0.6 is 0 Å². The van der Waals surface area contributed by atoms with E-state index in [1.807, 2.05) is 0 Å². The van der Waals surface area contributed by atoms with Crippen molar-refractivity contribution >= 4 is 11.8 Å². The molecule has 2 aliphatic heterocycles. The van der Waals surface area contributed by atoms with E-state index in [0.29, 0.717) is 13.0 Å². The Bertz CT molecular complexity index is 473. The van der Waals surface area contributed by atoms with Gasteiger partial charge in [0.25, 0.3) is 0 Å². The summed E-state index contributed by atoms with van der Waals surface area (Å²) in [5, 5.41) is 0. The molecule has 0 radical (unpaired) electrons. The van der Waals surface area contributed by atoms with Gasteiger partial charge < -0.3 is 4.90 Å². The largest absolute Gasteiger partial charge is 0.303 e. The van der Waals surface area contributed by atoms with E-state index in [-0.39, 0.29) is 28.6 Å². The fourth-order valence-corrected chi connectivity index (χ4v) is 3.86. The van der Waals surface area contributed by atoms with Crippen LogP contribution in [0.4, 0.5) is 0 Å². The lowest BCUT2D eigenvalue weighted by molar-refractivity contribution is -0.139. The summed E-state index contributed by atoms with van der Waals surface area (Å²) in [6.45, 7) is 15.3. The molecular formula is C21H38N2O2. The van der Waals surface area contributed by atoms with Crippen LogP contribution in [0.5, 0.6) is 0 Å². The second-order valence-corrected chi connectivity index (χ2v) is 9.73. The number of rotatable bonds is 8. The number of carbonyl (C=O) groups is 2. The zero-order valence-electron chi connectivity index (χ0n) is 17.1. The predicted molar refractivity (Wildman–Crippen MR) is 102 cm³/mol. The molecule has 0 N–H and O–H groups in total. The third-order valence-corrected chi connectivity index (χ3v) is 6.68. The first-order valence-corrected chi connectivity index (χ1v) is 10.2. The molecule has 1 atom stereocenters. The topological polar surface area (TPSA) is 40.6 Å². The van der Waals surface area contributed by atoms with Crippen LogP contribution in [0.1, 0.15) is 79.6 Å². The maximum Gasteiger partial charge on any atom is 0.232 e. The Morgan fingerprint density at radius 1 is 0.920 bits per heavy atom. The molecule has 4 heteroatoms. The van der Waals surface area contributed by atoms with Crippen molar-refractivity contribution in [3.63, 3.8) is 0 Å². The molecule has 2 aliphatic rings. The SMILES string of the molecule is CC(C)(C)C(C)(C)CC1CC(=O)N(CCCCCN2CCCC2)C1=O.